The Kier molecular flexibility index (Phi) is 7.58. The molecule has 1 N–H and O–H groups in total. The molecule has 1 amide bonds. The molecule has 0 heterocycles. The Labute approximate surface area is 115 Å². The van der Waals surface area contributed by atoms with Crippen molar-refractivity contribution in [2.75, 3.05) is 12.3 Å². The Balaban J connectivity index is 2.05. The molecule has 18 heavy (non-hydrogen) atoms. The predicted molar refractivity (Wildman–Crippen MR) is 79.9 cm³/mol. The van der Waals surface area contributed by atoms with Gasteiger partial charge in [0.1, 0.15) is 0 Å². The number of thioether (sulfide) groups is 1. The van der Waals surface area contributed by atoms with E-state index in [2.05, 4.69) is 43.4 Å². The average Bonchev–Trinajstić information content (AvgIpc) is 2.38. The summed E-state index contributed by atoms with van der Waals surface area (Å²) >= 11 is 1.86. The molecule has 0 radical (unpaired) electrons. The highest BCUT2D eigenvalue weighted by molar-refractivity contribution is 7.98. The highest BCUT2D eigenvalue weighted by Crippen LogP contribution is 2.12. The second kappa shape index (κ2) is 9.03. The van der Waals surface area contributed by atoms with Crippen LogP contribution in [-0.4, -0.2) is 18.2 Å². The quantitative estimate of drug-likeness (QED) is 0.728. The van der Waals surface area contributed by atoms with E-state index in [0.717, 1.165) is 30.9 Å². The van der Waals surface area contributed by atoms with Gasteiger partial charge in [0, 0.05) is 24.5 Å². The normalized spacial score (nSPS) is 10.3. The average molecular weight is 265 g/mol. The first-order valence-corrected chi connectivity index (χ1v) is 7.78. The van der Waals surface area contributed by atoms with Crippen LogP contribution in [0.1, 0.15) is 37.3 Å². The standard InChI is InChI=1S/C15H23NOS/c1-3-4-5-15(17)16-10-11-18-12-14-8-6-13(2)7-9-14/h6-9H,3-5,10-12H2,1-2H3,(H,16,17). The smallest absolute Gasteiger partial charge is 0.220 e. The number of hydrogen-bond donors (Lipinski definition) is 1. The molecule has 0 aliphatic carbocycles. The second-order valence-electron chi connectivity index (χ2n) is 4.49. The number of unbranched alkanes of at least 4 members (excludes halogenated alkanes) is 1. The Morgan fingerprint density at radius 2 is 2.00 bits per heavy atom. The minimum absolute atomic E-state index is 0.188. The number of rotatable bonds is 8. The number of aryl methyl sites for hydroxylation is 1. The number of carbonyl (C=O) groups is 1. The van der Waals surface area contributed by atoms with E-state index in [1.807, 2.05) is 11.8 Å². The van der Waals surface area contributed by atoms with Crippen LogP contribution in [0.25, 0.3) is 0 Å². The Hall–Kier alpha value is -0.960. The zero-order chi connectivity index (χ0) is 13.2. The molecule has 0 atom stereocenters. The minimum atomic E-state index is 0.188. The van der Waals surface area contributed by atoms with Crippen LogP contribution < -0.4 is 5.32 Å². The number of hydrogen-bond acceptors (Lipinski definition) is 2. The van der Waals surface area contributed by atoms with Crippen molar-refractivity contribution < 1.29 is 4.79 Å². The van der Waals surface area contributed by atoms with Crippen LogP contribution in [0.2, 0.25) is 0 Å². The first-order valence-electron chi connectivity index (χ1n) is 6.62. The molecule has 100 valence electrons. The summed E-state index contributed by atoms with van der Waals surface area (Å²) in [6.07, 6.45) is 2.73. The lowest BCUT2D eigenvalue weighted by atomic mass is 10.2. The van der Waals surface area contributed by atoms with Gasteiger partial charge < -0.3 is 5.32 Å². The number of carbonyl (C=O) groups excluding carboxylic acids is 1. The molecule has 1 aromatic rings. The van der Waals surface area contributed by atoms with Gasteiger partial charge in [-0.3, -0.25) is 4.79 Å². The molecule has 0 saturated heterocycles. The Morgan fingerprint density at radius 3 is 2.67 bits per heavy atom. The van der Waals surface area contributed by atoms with Gasteiger partial charge in [-0.2, -0.15) is 11.8 Å². The fraction of sp³-hybridized carbons (Fsp3) is 0.533. The van der Waals surface area contributed by atoms with Crippen molar-refractivity contribution in [2.24, 2.45) is 0 Å². The second-order valence-corrected chi connectivity index (χ2v) is 5.60. The van der Waals surface area contributed by atoms with E-state index >= 15 is 0 Å². The molecule has 3 heteroatoms. The molecule has 0 aliphatic heterocycles. The Morgan fingerprint density at radius 1 is 1.28 bits per heavy atom. The lowest BCUT2D eigenvalue weighted by Crippen LogP contribution is -2.25. The van der Waals surface area contributed by atoms with Crippen molar-refractivity contribution in [3.05, 3.63) is 35.4 Å². The van der Waals surface area contributed by atoms with E-state index in [-0.39, 0.29) is 5.91 Å². The topological polar surface area (TPSA) is 29.1 Å². The summed E-state index contributed by atoms with van der Waals surface area (Å²) in [6.45, 7) is 4.98. The lowest BCUT2D eigenvalue weighted by Gasteiger charge is -2.05. The van der Waals surface area contributed by atoms with E-state index in [1.54, 1.807) is 0 Å². The molecular weight excluding hydrogens is 242 g/mol. The SMILES string of the molecule is CCCCC(=O)NCCSCc1ccc(C)cc1. The van der Waals surface area contributed by atoms with Crippen LogP contribution in [0.4, 0.5) is 0 Å². The van der Waals surface area contributed by atoms with E-state index in [9.17, 15) is 4.79 Å². The Bertz CT molecular complexity index is 348. The highest BCUT2D eigenvalue weighted by atomic mass is 32.2. The number of amides is 1. The molecule has 0 aliphatic rings. The zero-order valence-electron chi connectivity index (χ0n) is 11.4. The molecule has 2 nitrogen and oxygen atoms in total. The van der Waals surface area contributed by atoms with Crippen LogP contribution in [-0.2, 0) is 10.5 Å². The van der Waals surface area contributed by atoms with Gasteiger partial charge in [-0.05, 0) is 18.9 Å². The highest BCUT2D eigenvalue weighted by Gasteiger charge is 1.99. The van der Waals surface area contributed by atoms with Crippen molar-refractivity contribution in [2.45, 2.75) is 38.9 Å². The molecular formula is C15H23NOS. The van der Waals surface area contributed by atoms with Crippen molar-refractivity contribution in [3.63, 3.8) is 0 Å². The third-order valence-corrected chi connectivity index (χ3v) is 3.75. The van der Waals surface area contributed by atoms with Crippen LogP contribution in [0, 0.1) is 6.92 Å². The number of benzene rings is 1. The first-order chi connectivity index (χ1) is 8.72. The maximum absolute atomic E-state index is 11.4. The maximum Gasteiger partial charge on any atom is 0.220 e. The van der Waals surface area contributed by atoms with Gasteiger partial charge in [0.2, 0.25) is 5.91 Å². The summed E-state index contributed by atoms with van der Waals surface area (Å²) < 4.78 is 0. The lowest BCUT2D eigenvalue weighted by molar-refractivity contribution is -0.121. The van der Waals surface area contributed by atoms with Crippen LogP contribution >= 0.6 is 11.8 Å². The fourth-order valence-corrected chi connectivity index (χ4v) is 2.38. The van der Waals surface area contributed by atoms with Gasteiger partial charge in [-0.25, -0.2) is 0 Å². The van der Waals surface area contributed by atoms with E-state index in [0.29, 0.717) is 6.42 Å². The zero-order valence-corrected chi connectivity index (χ0v) is 12.2. The predicted octanol–water partition coefficient (Wildman–Crippen LogP) is 3.53. The van der Waals surface area contributed by atoms with E-state index in [1.165, 1.54) is 11.1 Å². The molecule has 0 bridgehead atoms. The van der Waals surface area contributed by atoms with Gasteiger partial charge >= 0.3 is 0 Å². The van der Waals surface area contributed by atoms with Crippen molar-refractivity contribution >= 4 is 17.7 Å². The molecule has 1 rings (SSSR count). The van der Waals surface area contributed by atoms with Gasteiger partial charge in [-0.1, -0.05) is 43.2 Å². The third-order valence-electron chi connectivity index (χ3n) is 2.72. The summed E-state index contributed by atoms with van der Waals surface area (Å²) in [6, 6.07) is 8.62. The molecule has 0 unspecified atom stereocenters. The summed E-state index contributed by atoms with van der Waals surface area (Å²) in [5.41, 5.74) is 2.65. The summed E-state index contributed by atoms with van der Waals surface area (Å²) in [5.74, 6) is 2.18. The van der Waals surface area contributed by atoms with Crippen LogP contribution in [0.5, 0.6) is 0 Å². The summed E-state index contributed by atoms with van der Waals surface area (Å²) in [4.78, 5) is 11.4. The van der Waals surface area contributed by atoms with E-state index in [4.69, 9.17) is 0 Å². The largest absolute Gasteiger partial charge is 0.355 e. The van der Waals surface area contributed by atoms with E-state index < -0.39 is 0 Å². The number of nitrogens with one attached hydrogen (secondary N) is 1. The third kappa shape index (κ3) is 6.70. The van der Waals surface area contributed by atoms with Crippen molar-refractivity contribution in [3.8, 4) is 0 Å². The van der Waals surface area contributed by atoms with Gasteiger partial charge in [0.25, 0.3) is 0 Å². The van der Waals surface area contributed by atoms with Crippen molar-refractivity contribution in [1.82, 2.24) is 5.32 Å². The molecule has 1 aromatic carbocycles. The minimum Gasteiger partial charge on any atom is -0.355 e. The van der Waals surface area contributed by atoms with Crippen molar-refractivity contribution in [1.29, 1.82) is 0 Å². The van der Waals surface area contributed by atoms with Gasteiger partial charge in [-0.15, -0.1) is 0 Å². The van der Waals surface area contributed by atoms with Crippen LogP contribution in [0.3, 0.4) is 0 Å². The molecule has 0 spiro atoms. The fourth-order valence-electron chi connectivity index (χ4n) is 1.56. The summed E-state index contributed by atoms with van der Waals surface area (Å²) in [7, 11) is 0. The first kappa shape index (κ1) is 15.1. The van der Waals surface area contributed by atoms with Crippen LogP contribution in [0.15, 0.2) is 24.3 Å². The molecule has 0 fully saturated rings. The monoisotopic (exact) mass is 265 g/mol. The summed E-state index contributed by atoms with van der Waals surface area (Å²) in [5, 5.41) is 2.95. The molecule has 0 aromatic heterocycles. The van der Waals surface area contributed by atoms with Gasteiger partial charge in [0.15, 0.2) is 0 Å². The maximum atomic E-state index is 11.4. The molecule has 0 saturated carbocycles. The van der Waals surface area contributed by atoms with Gasteiger partial charge in [0.05, 0.1) is 0 Å².